The van der Waals surface area contributed by atoms with Gasteiger partial charge in [0.1, 0.15) is 12.3 Å². The van der Waals surface area contributed by atoms with Crippen LogP contribution in [0.3, 0.4) is 0 Å². The van der Waals surface area contributed by atoms with Crippen LogP contribution in [0.2, 0.25) is 5.02 Å². The normalized spacial score (nSPS) is 20.0. The molecule has 2 aliphatic heterocycles. The van der Waals surface area contributed by atoms with Gasteiger partial charge in [-0.2, -0.15) is 5.11 Å². The summed E-state index contributed by atoms with van der Waals surface area (Å²) in [5.74, 6) is -0.898. The molecule has 2 aromatic rings. The molecule has 3 amide bonds. The van der Waals surface area contributed by atoms with E-state index >= 15 is 0 Å². The Bertz CT molecular complexity index is 1060. The molecular weight excluding hydrogens is 478 g/mol. The van der Waals surface area contributed by atoms with E-state index in [1.165, 1.54) is 12.1 Å². The van der Waals surface area contributed by atoms with Crippen LogP contribution in [0.15, 0.2) is 57.3 Å². The number of halogens is 2. The molecule has 2 atom stereocenters. The SMILES string of the molecule is COc1ccc(NC(=O)CN2N=N[C@H]3C(=O)N(c4ccc(Br)cc4)C(=O)[C@H]32)cc1Cl. The van der Waals surface area contributed by atoms with Gasteiger partial charge in [0.05, 0.1) is 17.8 Å². The summed E-state index contributed by atoms with van der Waals surface area (Å²) in [5, 5.41) is 12.0. The minimum Gasteiger partial charge on any atom is -0.495 e. The van der Waals surface area contributed by atoms with Crippen molar-refractivity contribution in [2.75, 3.05) is 23.9 Å². The van der Waals surface area contributed by atoms with Crippen molar-refractivity contribution in [2.45, 2.75) is 12.1 Å². The highest BCUT2D eigenvalue weighted by Crippen LogP contribution is 2.32. The van der Waals surface area contributed by atoms with Gasteiger partial charge in [0.2, 0.25) is 5.91 Å². The van der Waals surface area contributed by atoms with Crippen molar-refractivity contribution in [1.29, 1.82) is 0 Å². The number of anilines is 2. The fourth-order valence-electron chi connectivity index (χ4n) is 3.29. The number of hydrogen-bond acceptors (Lipinski definition) is 7. The summed E-state index contributed by atoms with van der Waals surface area (Å²) in [6, 6.07) is 9.66. The number of hydrogen-bond donors (Lipinski definition) is 1. The number of carbonyl (C=O) groups excluding carboxylic acids is 3. The van der Waals surface area contributed by atoms with Crippen LogP contribution in [0.5, 0.6) is 5.75 Å². The second-order valence-electron chi connectivity index (χ2n) is 6.58. The lowest BCUT2D eigenvalue weighted by Gasteiger charge is -2.20. The first-order valence-corrected chi connectivity index (χ1v) is 10.0. The molecule has 0 saturated carbocycles. The Labute approximate surface area is 184 Å². The number of carbonyl (C=O) groups is 3. The second-order valence-corrected chi connectivity index (χ2v) is 7.90. The van der Waals surface area contributed by atoms with Gasteiger partial charge >= 0.3 is 0 Å². The lowest BCUT2D eigenvalue weighted by atomic mass is 10.1. The third-order valence-electron chi connectivity index (χ3n) is 4.68. The third kappa shape index (κ3) is 3.63. The minimum absolute atomic E-state index is 0.248. The van der Waals surface area contributed by atoms with Gasteiger partial charge in [-0.25, -0.2) is 4.90 Å². The zero-order valence-corrected chi connectivity index (χ0v) is 17.9. The number of nitrogens with zero attached hydrogens (tertiary/aromatic N) is 4. The highest BCUT2D eigenvalue weighted by molar-refractivity contribution is 9.10. The lowest BCUT2D eigenvalue weighted by molar-refractivity contribution is -0.123. The molecular formula is C19H15BrClN5O4. The molecule has 9 nitrogen and oxygen atoms in total. The lowest BCUT2D eigenvalue weighted by Crippen LogP contribution is -2.43. The van der Waals surface area contributed by atoms with Crippen molar-refractivity contribution in [3.8, 4) is 5.75 Å². The topological polar surface area (TPSA) is 104 Å². The van der Waals surface area contributed by atoms with E-state index in [0.29, 0.717) is 22.1 Å². The van der Waals surface area contributed by atoms with Gasteiger partial charge in [-0.1, -0.05) is 32.8 Å². The quantitative estimate of drug-likeness (QED) is 0.646. The molecule has 154 valence electrons. The van der Waals surface area contributed by atoms with Crippen molar-refractivity contribution in [3.05, 3.63) is 52.0 Å². The Morgan fingerprint density at radius 3 is 2.60 bits per heavy atom. The summed E-state index contributed by atoms with van der Waals surface area (Å²) in [6.07, 6.45) is 0. The van der Waals surface area contributed by atoms with E-state index in [0.717, 1.165) is 9.37 Å². The average molecular weight is 493 g/mol. The van der Waals surface area contributed by atoms with Crippen LogP contribution in [0, 0.1) is 0 Å². The van der Waals surface area contributed by atoms with Crippen molar-refractivity contribution in [2.24, 2.45) is 10.3 Å². The van der Waals surface area contributed by atoms with Crippen LogP contribution < -0.4 is 15.0 Å². The van der Waals surface area contributed by atoms with Gasteiger partial charge in [-0.05, 0) is 42.5 Å². The summed E-state index contributed by atoms with van der Waals surface area (Å²) < 4.78 is 5.90. The molecule has 4 rings (SSSR count). The molecule has 0 bridgehead atoms. The van der Waals surface area contributed by atoms with Crippen LogP contribution in [0.4, 0.5) is 11.4 Å². The second kappa shape index (κ2) is 8.04. The number of benzene rings is 2. The molecule has 0 aromatic heterocycles. The zero-order chi connectivity index (χ0) is 21.4. The Morgan fingerprint density at radius 2 is 1.93 bits per heavy atom. The number of amides is 3. The Hall–Kier alpha value is -2.98. The van der Waals surface area contributed by atoms with Gasteiger partial charge in [0.15, 0.2) is 12.1 Å². The Kier molecular flexibility index (Phi) is 5.44. The van der Waals surface area contributed by atoms with E-state index in [9.17, 15) is 14.4 Å². The van der Waals surface area contributed by atoms with E-state index < -0.39 is 29.8 Å². The molecule has 0 aliphatic carbocycles. The predicted octanol–water partition coefficient (Wildman–Crippen LogP) is 3.04. The monoisotopic (exact) mass is 491 g/mol. The van der Waals surface area contributed by atoms with Gasteiger partial charge < -0.3 is 10.1 Å². The van der Waals surface area contributed by atoms with Crippen LogP contribution >= 0.6 is 27.5 Å². The van der Waals surface area contributed by atoms with Crippen molar-refractivity contribution >= 4 is 56.6 Å². The van der Waals surface area contributed by atoms with E-state index in [2.05, 4.69) is 31.6 Å². The molecule has 0 unspecified atom stereocenters. The fraction of sp³-hybridized carbons (Fsp3) is 0.211. The summed E-state index contributed by atoms with van der Waals surface area (Å²) in [4.78, 5) is 39.1. The maximum atomic E-state index is 12.9. The number of methoxy groups -OCH3 is 1. The fourth-order valence-corrected chi connectivity index (χ4v) is 3.81. The molecule has 1 saturated heterocycles. The predicted molar refractivity (Wildman–Crippen MR) is 112 cm³/mol. The first-order valence-electron chi connectivity index (χ1n) is 8.83. The van der Waals surface area contributed by atoms with Crippen molar-refractivity contribution < 1.29 is 19.1 Å². The standard InChI is InChI=1S/C19H15BrClN5O4/c1-30-14-7-4-11(8-13(14)21)22-15(27)9-25-17-16(23-24-25)18(28)26(19(17)29)12-5-2-10(20)3-6-12/h2-8,16-17H,9H2,1H3,(H,22,27)/t16-,17+/m1/s1. The maximum absolute atomic E-state index is 12.9. The van der Waals surface area contributed by atoms with Crippen LogP contribution in [-0.2, 0) is 14.4 Å². The highest BCUT2D eigenvalue weighted by atomic mass is 79.9. The molecule has 1 N–H and O–H groups in total. The zero-order valence-electron chi connectivity index (χ0n) is 15.6. The summed E-state index contributed by atoms with van der Waals surface area (Å²) >= 11 is 9.38. The molecule has 30 heavy (non-hydrogen) atoms. The molecule has 11 heteroatoms. The summed E-state index contributed by atoms with van der Waals surface area (Å²) in [5.41, 5.74) is 0.902. The van der Waals surface area contributed by atoms with Gasteiger partial charge in [-0.3, -0.25) is 19.4 Å². The first kappa shape index (κ1) is 20.3. The number of nitrogens with one attached hydrogen (secondary N) is 1. The van der Waals surface area contributed by atoms with Crippen molar-refractivity contribution in [3.63, 3.8) is 0 Å². The number of imide groups is 1. The van der Waals surface area contributed by atoms with Gasteiger partial charge in [0, 0.05) is 10.2 Å². The maximum Gasteiger partial charge on any atom is 0.263 e. The number of fused-ring (bicyclic) bond motifs is 1. The largest absolute Gasteiger partial charge is 0.495 e. The molecule has 2 heterocycles. The minimum atomic E-state index is -0.968. The molecule has 0 radical (unpaired) electrons. The van der Waals surface area contributed by atoms with Crippen LogP contribution in [0.25, 0.3) is 0 Å². The van der Waals surface area contributed by atoms with Gasteiger partial charge in [0.25, 0.3) is 11.8 Å². The highest BCUT2D eigenvalue weighted by Gasteiger charge is 2.55. The summed E-state index contributed by atoms with van der Waals surface area (Å²) in [6.45, 7) is -0.248. The Balaban J connectivity index is 1.46. The summed E-state index contributed by atoms with van der Waals surface area (Å²) in [7, 11) is 1.49. The smallest absolute Gasteiger partial charge is 0.263 e. The molecule has 0 spiro atoms. The average Bonchev–Trinajstić information content (AvgIpc) is 3.23. The third-order valence-corrected chi connectivity index (χ3v) is 5.51. The first-order chi connectivity index (χ1) is 14.4. The Morgan fingerprint density at radius 1 is 1.20 bits per heavy atom. The number of ether oxygens (including phenoxy) is 1. The molecule has 2 aliphatic rings. The molecule has 1 fully saturated rings. The van der Waals surface area contributed by atoms with Crippen LogP contribution in [0.1, 0.15) is 0 Å². The van der Waals surface area contributed by atoms with E-state index in [1.807, 2.05) is 0 Å². The van der Waals surface area contributed by atoms with E-state index in [4.69, 9.17) is 16.3 Å². The van der Waals surface area contributed by atoms with Crippen molar-refractivity contribution in [1.82, 2.24) is 5.01 Å². The number of rotatable bonds is 5. The van der Waals surface area contributed by atoms with E-state index in [-0.39, 0.29) is 6.54 Å². The van der Waals surface area contributed by atoms with Crippen LogP contribution in [-0.4, -0.2) is 48.5 Å². The molecule has 2 aromatic carbocycles. The van der Waals surface area contributed by atoms with E-state index in [1.54, 1.807) is 42.5 Å². The van der Waals surface area contributed by atoms with Gasteiger partial charge in [-0.15, -0.1) is 0 Å².